The molecule has 0 aromatic heterocycles. The number of benzene rings is 2. The van der Waals surface area contributed by atoms with Crippen molar-refractivity contribution in [2.45, 2.75) is 11.4 Å². The van der Waals surface area contributed by atoms with Crippen LogP contribution < -0.4 is 10.0 Å². The summed E-state index contributed by atoms with van der Waals surface area (Å²) in [5.74, 6) is -0.531. The Morgan fingerprint density at radius 3 is 2.43 bits per heavy atom. The molecule has 23 heavy (non-hydrogen) atoms. The van der Waals surface area contributed by atoms with Gasteiger partial charge in [-0.15, -0.1) is 0 Å². The Kier molecular flexibility index (Phi) is 5.40. The molecule has 1 amide bonds. The monoisotopic (exact) mass is 398 g/mol. The van der Waals surface area contributed by atoms with Crippen molar-refractivity contribution < 1.29 is 18.3 Å². The molecule has 0 heterocycles. The minimum Gasteiger partial charge on any atom is -0.507 e. The molecule has 6 nitrogen and oxygen atoms in total. The molecule has 8 heteroatoms. The third-order valence-corrected chi connectivity index (χ3v) is 5.08. The summed E-state index contributed by atoms with van der Waals surface area (Å²) >= 11 is 3.24. The maximum Gasteiger partial charge on any atom is 0.255 e. The van der Waals surface area contributed by atoms with Crippen LogP contribution in [0.25, 0.3) is 0 Å². The zero-order valence-corrected chi connectivity index (χ0v) is 14.6. The molecule has 0 spiro atoms. The fraction of sp³-hybridized carbons (Fsp3) is 0.133. The van der Waals surface area contributed by atoms with E-state index in [4.69, 9.17) is 0 Å². The van der Waals surface area contributed by atoms with Gasteiger partial charge in [0.2, 0.25) is 10.0 Å². The number of rotatable bonds is 5. The Morgan fingerprint density at radius 1 is 1.17 bits per heavy atom. The van der Waals surface area contributed by atoms with Gasteiger partial charge in [0.15, 0.2) is 0 Å². The fourth-order valence-electron chi connectivity index (χ4n) is 1.87. The Bertz CT molecular complexity index is 820. The van der Waals surface area contributed by atoms with Gasteiger partial charge >= 0.3 is 0 Å². The summed E-state index contributed by atoms with van der Waals surface area (Å²) in [5.41, 5.74) is 0.900. The van der Waals surface area contributed by atoms with Crippen LogP contribution in [0.3, 0.4) is 0 Å². The number of hydrogen-bond acceptors (Lipinski definition) is 4. The summed E-state index contributed by atoms with van der Waals surface area (Å²) in [4.78, 5) is 12.2. The number of phenolic OH excluding ortho intramolecular Hbond substituents is 1. The number of halogens is 1. The van der Waals surface area contributed by atoms with Gasteiger partial charge in [0.05, 0.1) is 10.5 Å². The first-order chi connectivity index (χ1) is 10.8. The zero-order valence-electron chi connectivity index (χ0n) is 12.2. The van der Waals surface area contributed by atoms with Crippen molar-refractivity contribution in [2.24, 2.45) is 0 Å². The molecule has 0 radical (unpaired) electrons. The number of aromatic hydroxyl groups is 1. The van der Waals surface area contributed by atoms with E-state index in [-0.39, 0.29) is 22.8 Å². The summed E-state index contributed by atoms with van der Waals surface area (Å²) in [6.45, 7) is 0.213. The first-order valence-electron chi connectivity index (χ1n) is 6.62. The summed E-state index contributed by atoms with van der Waals surface area (Å²) in [6, 6.07) is 10.7. The minimum atomic E-state index is -3.48. The van der Waals surface area contributed by atoms with Gasteiger partial charge in [-0.1, -0.05) is 28.1 Å². The average Bonchev–Trinajstić information content (AvgIpc) is 2.55. The van der Waals surface area contributed by atoms with E-state index in [1.165, 1.54) is 31.3 Å². The van der Waals surface area contributed by atoms with Gasteiger partial charge < -0.3 is 10.4 Å². The summed E-state index contributed by atoms with van der Waals surface area (Å²) in [7, 11) is -2.13. The lowest BCUT2D eigenvalue weighted by Gasteiger charge is -2.08. The van der Waals surface area contributed by atoms with Crippen LogP contribution in [0.5, 0.6) is 5.75 Å². The van der Waals surface area contributed by atoms with Crippen LogP contribution in [0.1, 0.15) is 15.9 Å². The zero-order chi connectivity index (χ0) is 17.0. The second kappa shape index (κ2) is 7.12. The number of hydrogen-bond donors (Lipinski definition) is 3. The molecular formula is C15H15BrN2O4S. The van der Waals surface area contributed by atoms with Crippen LogP contribution in [-0.4, -0.2) is 26.5 Å². The van der Waals surface area contributed by atoms with Crippen LogP contribution in [0.15, 0.2) is 51.8 Å². The van der Waals surface area contributed by atoms with Crippen molar-refractivity contribution >= 4 is 31.9 Å². The molecule has 3 N–H and O–H groups in total. The van der Waals surface area contributed by atoms with Gasteiger partial charge in [0.25, 0.3) is 5.91 Å². The Balaban J connectivity index is 2.06. The van der Waals surface area contributed by atoms with Gasteiger partial charge in [0, 0.05) is 11.0 Å². The fourth-order valence-corrected chi connectivity index (χ4v) is 2.96. The second-order valence-corrected chi connectivity index (χ2v) is 7.50. The SMILES string of the molecule is CNS(=O)(=O)c1ccc(CNC(=O)c2cc(Br)ccc2O)cc1. The van der Waals surface area contributed by atoms with Crippen molar-refractivity contribution in [1.82, 2.24) is 10.0 Å². The average molecular weight is 399 g/mol. The summed E-state index contributed by atoms with van der Waals surface area (Å²) < 4.78 is 26.2. The number of carbonyl (C=O) groups excluding carboxylic acids is 1. The van der Waals surface area contributed by atoms with Crippen LogP contribution in [-0.2, 0) is 16.6 Å². The van der Waals surface area contributed by atoms with Gasteiger partial charge in [-0.05, 0) is 42.9 Å². The maximum atomic E-state index is 12.1. The van der Waals surface area contributed by atoms with E-state index in [1.54, 1.807) is 18.2 Å². The largest absolute Gasteiger partial charge is 0.507 e. The summed E-state index contributed by atoms with van der Waals surface area (Å²) in [5, 5.41) is 12.4. The number of nitrogens with one attached hydrogen (secondary N) is 2. The molecule has 122 valence electrons. The van der Waals surface area contributed by atoms with E-state index < -0.39 is 15.9 Å². The molecule has 0 saturated heterocycles. The first-order valence-corrected chi connectivity index (χ1v) is 8.90. The number of amides is 1. The highest BCUT2D eigenvalue weighted by molar-refractivity contribution is 9.10. The molecule has 0 bridgehead atoms. The van der Waals surface area contributed by atoms with Crippen molar-refractivity contribution in [3.8, 4) is 5.75 Å². The molecule has 0 saturated carbocycles. The highest BCUT2D eigenvalue weighted by Crippen LogP contribution is 2.21. The van der Waals surface area contributed by atoms with E-state index in [0.717, 1.165) is 5.56 Å². The molecular weight excluding hydrogens is 384 g/mol. The van der Waals surface area contributed by atoms with Crippen LogP contribution in [0, 0.1) is 0 Å². The van der Waals surface area contributed by atoms with E-state index >= 15 is 0 Å². The van der Waals surface area contributed by atoms with Crippen molar-refractivity contribution in [1.29, 1.82) is 0 Å². The second-order valence-electron chi connectivity index (χ2n) is 4.70. The van der Waals surface area contributed by atoms with Crippen LogP contribution in [0.2, 0.25) is 0 Å². The van der Waals surface area contributed by atoms with Crippen molar-refractivity contribution in [3.63, 3.8) is 0 Å². The smallest absolute Gasteiger partial charge is 0.255 e. The van der Waals surface area contributed by atoms with Gasteiger partial charge in [-0.2, -0.15) is 0 Å². The number of sulfonamides is 1. The molecule has 2 rings (SSSR count). The lowest BCUT2D eigenvalue weighted by molar-refractivity contribution is 0.0948. The quantitative estimate of drug-likeness (QED) is 0.717. The van der Waals surface area contributed by atoms with Crippen molar-refractivity contribution in [3.05, 3.63) is 58.1 Å². The van der Waals surface area contributed by atoms with Gasteiger partial charge in [-0.25, -0.2) is 13.1 Å². The molecule has 0 unspecified atom stereocenters. The number of phenols is 1. The standard InChI is InChI=1S/C15H15BrN2O4S/c1-17-23(21,22)12-5-2-10(3-6-12)9-18-15(20)13-8-11(16)4-7-14(13)19/h2-8,17,19H,9H2,1H3,(H,18,20). The summed E-state index contributed by atoms with van der Waals surface area (Å²) in [6.07, 6.45) is 0. The molecule has 0 atom stereocenters. The van der Waals surface area contributed by atoms with Gasteiger partial charge in [-0.3, -0.25) is 4.79 Å². The molecule has 2 aromatic rings. The third-order valence-electron chi connectivity index (χ3n) is 3.16. The number of carbonyl (C=O) groups is 1. The lowest BCUT2D eigenvalue weighted by Crippen LogP contribution is -2.23. The van der Waals surface area contributed by atoms with Crippen LogP contribution >= 0.6 is 15.9 Å². The highest BCUT2D eigenvalue weighted by Gasteiger charge is 2.13. The highest BCUT2D eigenvalue weighted by atomic mass is 79.9. The lowest BCUT2D eigenvalue weighted by atomic mass is 10.1. The predicted octanol–water partition coefficient (Wildman–Crippen LogP) is 1.99. The first kappa shape index (κ1) is 17.5. The van der Waals surface area contributed by atoms with E-state index in [1.807, 2.05) is 0 Å². The van der Waals surface area contributed by atoms with Crippen LogP contribution in [0.4, 0.5) is 0 Å². The molecule has 0 aliphatic rings. The predicted molar refractivity (Wildman–Crippen MR) is 89.7 cm³/mol. The molecule has 2 aromatic carbocycles. The Labute approximate surface area is 142 Å². The van der Waals surface area contributed by atoms with Gasteiger partial charge in [0.1, 0.15) is 5.75 Å². The molecule has 0 aliphatic carbocycles. The van der Waals surface area contributed by atoms with Crippen molar-refractivity contribution in [2.75, 3.05) is 7.05 Å². The molecule has 0 aliphatic heterocycles. The Morgan fingerprint density at radius 2 is 1.83 bits per heavy atom. The third kappa shape index (κ3) is 4.31. The van der Waals surface area contributed by atoms with E-state index in [0.29, 0.717) is 4.47 Å². The van der Waals surface area contributed by atoms with E-state index in [9.17, 15) is 18.3 Å². The minimum absolute atomic E-state index is 0.110. The van der Waals surface area contributed by atoms with E-state index in [2.05, 4.69) is 26.0 Å². The maximum absolute atomic E-state index is 12.1. The Hall–Kier alpha value is -1.90. The topological polar surface area (TPSA) is 95.5 Å². The molecule has 0 fully saturated rings. The normalized spacial score (nSPS) is 11.2.